The lowest BCUT2D eigenvalue weighted by Crippen LogP contribution is -2.56. The monoisotopic (exact) mass is 456 g/mol. The fourth-order valence-corrected chi connectivity index (χ4v) is 3.29. The van der Waals surface area contributed by atoms with Crippen molar-refractivity contribution in [2.24, 2.45) is 5.10 Å². The lowest BCUT2D eigenvalue weighted by molar-refractivity contribution is -0.297. The number of methoxy groups -OCH3 is 1. The molecule has 1 aliphatic heterocycles. The molecule has 0 aliphatic carbocycles. The van der Waals surface area contributed by atoms with Crippen molar-refractivity contribution in [2.75, 3.05) is 7.11 Å². The number of rotatable bonds is 5. The molecule has 6 nitrogen and oxygen atoms in total. The third-order valence-corrected chi connectivity index (χ3v) is 5.24. The fraction of sp³-hybridized carbons (Fsp3) is 0.333. The summed E-state index contributed by atoms with van der Waals surface area (Å²) in [5, 5.41) is 14.4. The Hall–Kier alpha value is -2.78. The summed E-state index contributed by atoms with van der Waals surface area (Å²) >= 11 is 6.00. The van der Waals surface area contributed by atoms with Gasteiger partial charge in [0.2, 0.25) is 0 Å². The largest absolute Gasteiger partial charge is 0.496 e. The molecular formula is C21H20ClF3N2O4. The smallest absolute Gasteiger partial charge is 0.438 e. The molecule has 1 aliphatic rings. The van der Waals surface area contributed by atoms with E-state index >= 15 is 0 Å². The molecule has 166 valence electrons. The number of hydrogen-bond acceptors (Lipinski definition) is 5. The van der Waals surface area contributed by atoms with Gasteiger partial charge in [-0.15, -0.1) is 0 Å². The van der Waals surface area contributed by atoms with Crippen LogP contribution in [0.1, 0.15) is 34.8 Å². The molecule has 0 spiro atoms. The van der Waals surface area contributed by atoms with E-state index in [2.05, 4.69) is 5.10 Å². The highest BCUT2D eigenvalue weighted by atomic mass is 35.5. The summed E-state index contributed by atoms with van der Waals surface area (Å²) in [6, 6.07) is 9.17. The first-order valence-corrected chi connectivity index (χ1v) is 9.57. The first kappa shape index (κ1) is 22.9. The number of carbonyl (C=O) groups excluding carboxylic acids is 1. The van der Waals surface area contributed by atoms with E-state index in [1.807, 2.05) is 6.92 Å². The number of hydrogen-bond donors (Lipinski definition) is 1. The van der Waals surface area contributed by atoms with Crippen LogP contribution in [0.15, 0.2) is 41.5 Å². The van der Waals surface area contributed by atoms with Gasteiger partial charge in [-0.3, -0.25) is 4.79 Å². The molecule has 2 aromatic carbocycles. The maximum Gasteiger partial charge on any atom is 0.438 e. The summed E-state index contributed by atoms with van der Waals surface area (Å²) in [7, 11) is 1.42. The van der Waals surface area contributed by atoms with Crippen LogP contribution < -0.4 is 9.47 Å². The summed E-state index contributed by atoms with van der Waals surface area (Å²) in [6.45, 7) is 3.11. The van der Waals surface area contributed by atoms with Crippen LogP contribution in [-0.4, -0.2) is 40.7 Å². The Morgan fingerprint density at radius 2 is 1.97 bits per heavy atom. The Labute approximate surface area is 181 Å². The molecule has 0 unspecified atom stereocenters. The summed E-state index contributed by atoms with van der Waals surface area (Å²) < 4.78 is 51.3. The number of benzene rings is 2. The zero-order valence-corrected chi connectivity index (χ0v) is 17.7. The van der Waals surface area contributed by atoms with E-state index in [-0.39, 0.29) is 22.9 Å². The summed E-state index contributed by atoms with van der Waals surface area (Å²) in [5.74, 6) is -0.191. The maximum atomic E-state index is 13.4. The van der Waals surface area contributed by atoms with E-state index in [9.17, 15) is 23.1 Å². The van der Waals surface area contributed by atoms with Crippen molar-refractivity contribution in [1.29, 1.82) is 0 Å². The van der Waals surface area contributed by atoms with Gasteiger partial charge < -0.3 is 14.6 Å². The standard InChI is InChI=1S/C21H20ClF3N2O4/c1-12-8-16(5-6-17(12)22)31-11-15-9-14(4-7-18(15)30-3)19(28)27-20(29,21(23,24)25)10-13(2)26-27/h4-9,29H,10-11H2,1-3H3/t20-/m0/s1. The molecule has 0 saturated carbocycles. The van der Waals surface area contributed by atoms with Gasteiger partial charge in [-0.25, -0.2) is 0 Å². The van der Waals surface area contributed by atoms with E-state index in [0.29, 0.717) is 22.1 Å². The molecule has 1 atom stereocenters. The molecular weight excluding hydrogens is 437 g/mol. The molecule has 0 bridgehead atoms. The van der Waals surface area contributed by atoms with E-state index in [4.69, 9.17) is 21.1 Å². The van der Waals surface area contributed by atoms with Crippen molar-refractivity contribution in [1.82, 2.24) is 5.01 Å². The van der Waals surface area contributed by atoms with Gasteiger partial charge in [0.15, 0.2) is 0 Å². The predicted octanol–water partition coefficient (Wildman–Crippen LogP) is 4.71. The van der Waals surface area contributed by atoms with Crippen molar-refractivity contribution in [3.63, 3.8) is 0 Å². The van der Waals surface area contributed by atoms with Gasteiger partial charge in [0.25, 0.3) is 11.6 Å². The predicted molar refractivity (Wildman–Crippen MR) is 108 cm³/mol. The number of alkyl halides is 3. The van der Waals surface area contributed by atoms with Gasteiger partial charge in [-0.05, 0) is 55.8 Å². The second-order valence-electron chi connectivity index (χ2n) is 7.17. The van der Waals surface area contributed by atoms with Crippen LogP contribution in [0, 0.1) is 6.92 Å². The molecule has 0 radical (unpaired) electrons. The van der Waals surface area contributed by atoms with Gasteiger partial charge in [0.1, 0.15) is 18.1 Å². The van der Waals surface area contributed by atoms with Gasteiger partial charge >= 0.3 is 6.18 Å². The van der Waals surface area contributed by atoms with Crippen LogP contribution in [0.3, 0.4) is 0 Å². The van der Waals surface area contributed by atoms with E-state index < -0.39 is 24.2 Å². The van der Waals surface area contributed by atoms with E-state index in [0.717, 1.165) is 5.56 Å². The summed E-state index contributed by atoms with van der Waals surface area (Å²) in [5.41, 5.74) is -2.28. The number of aryl methyl sites for hydroxylation is 1. The van der Waals surface area contributed by atoms with Crippen molar-refractivity contribution < 1.29 is 32.5 Å². The van der Waals surface area contributed by atoms with Gasteiger partial charge in [-0.1, -0.05) is 11.6 Å². The van der Waals surface area contributed by atoms with Gasteiger partial charge in [-0.2, -0.15) is 23.3 Å². The minimum Gasteiger partial charge on any atom is -0.496 e. The van der Waals surface area contributed by atoms with Gasteiger partial charge in [0, 0.05) is 28.3 Å². The normalized spacial score (nSPS) is 18.7. The fourth-order valence-electron chi connectivity index (χ4n) is 3.17. The van der Waals surface area contributed by atoms with E-state index in [1.165, 1.54) is 32.2 Å². The SMILES string of the molecule is COc1ccc(C(=O)N2N=C(C)C[C@]2(O)C(F)(F)F)cc1COc1ccc(Cl)c(C)c1. The van der Waals surface area contributed by atoms with Crippen molar-refractivity contribution >= 4 is 23.2 Å². The topological polar surface area (TPSA) is 71.4 Å². The Morgan fingerprint density at radius 1 is 1.26 bits per heavy atom. The highest BCUT2D eigenvalue weighted by Gasteiger charge is 2.62. The Balaban J connectivity index is 1.88. The number of aliphatic hydroxyl groups is 1. The highest BCUT2D eigenvalue weighted by Crippen LogP contribution is 2.41. The molecule has 0 saturated heterocycles. The van der Waals surface area contributed by atoms with Crippen LogP contribution in [0.2, 0.25) is 5.02 Å². The average Bonchev–Trinajstić information content (AvgIpc) is 3.03. The quantitative estimate of drug-likeness (QED) is 0.707. The zero-order chi connectivity index (χ0) is 23.0. The highest BCUT2D eigenvalue weighted by molar-refractivity contribution is 6.31. The number of nitrogens with zero attached hydrogens (tertiary/aromatic N) is 2. The average molecular weight is 457 g/mol. The number of hydrazone groups is 1. The first-order valence-electron chi connectivity index (χ1n) is 9.20. The second kappa shape index (κ2) is 8.39. The molecule has 2 aromatic rings. The van der Waals surface area contributed by atoms with Crippen LogP contribution >= 0.6 is 11.6 Å². The van der Waals surface area contributed by atoms with E-state index in [1.54, 1.807) is 18.2 Å². The number of ether oxygens (including phenoxy) is 2. The first-order chi connectivity index (χ1) is 14.5. The molecule has 0 fully saturated rings. The molecule has 1 amide bonds. The number of carbonyl (C=O) groups is 1. The lowest BCUT2D eigenvalue weighted by atomic mass is 10.0. The molecule has 1 heterocycles. The number of halogens is 4. The zero-order valence-electron chi connectivity index (χ0n) is 17.0. The molecule has 31 heavy (non-hydrogen) atoms. The van der Waals surface area contributed by atoms with Crippen molar-refractivity contribution in [2.45, 2.75) is 38.8 Å². The van der Waals surface area contributed by atoms with Crippen LogP contribution in [0.5, 0.6) is 11.5 Å². The third-order valence-electron chi connectivity index (χ3n) is 4.82. The Morgan fingerprint density at radius 3 is 2.58 bits per heavy atom. The molecule has 10 heteroatoms. The summed E-state index contributed by atoms with van der Waals surface area (Å²) in [6.07, 6.45) is -5.89. The third kappa shape index (κ3) is 4.47. The number of amides is 1. The Bertz CT molecular complexity index is 1040. The molecule has 0 aromatic heterocycles. The van der Waals surface area contributed by atoms with Gasteiger partial charge in [0.05, 0.1) is 7.11 Å². The van der Waals surface area contributed by atoms with Crippen LogP contribution in [0.25, 0.3) is 0 Å². The molecule has 3 rings (SSSR count). The molecule has 1 N–H and O–H groups in total. The van der Waals surface area contributed by atoms with Crippen molar-refractivity contribution in [3.8, 4) is 11.5 Å². The Kier molecular flexibility index (Phi) is 6.20. The second-order valence-corrected chi connectivity index (χ2v) is 7.58. The lowest BCUT2D eigenvalue weighted by Gasteiger charge is -2.32. The van der Waals surface area contributed by atoms with Crippen LogP contribution in [-0.2, 0) is 6.61 Å². The minimum absolute atomic E-state index is 0.0108. The minimum atomic E-state index is -5.07. The van der Waals surface area contributed by atoms with Crippen LogP contribution in [0.4, 0.5) is 13.2 Å². The van der Waals surface area contributed by atoms with Crippen molar-refractivity contribution in [3.05, 3.63) is 58.1 Å². The summed E-state index contributed by atoms with van der Waals surface area (Å²) in [4.78, 5) is 12.8. The maximum absolute atomic E-state index is 13.4.